The minimum absolute atomic E-state index is 0.0367. The molecular weight excluding hydrogens is 401 g/mol. The van der Waals surface area contributed by atoms with Gasteiger partial charge in [0.15, 0.2) is 11.5 Å². The number of nitrogens with zero attached hydrogens (tertiary/aromatic N) is 1. The van der Waals surface area contributed by atoms with Crippen molar-refractivity contribution in [2.75, 3.05) is 45.6 Å². The van der Waals surface area contributed by atoms with Crippen LogP contribution in [0.2, 0.25) is 0 Å². The molecule has 0 aliphatic heterocycles. The van der Waals surface area contributed by atoms with E-state index in [9.17, 15) is 18.0 Å². The molecule has 0 unspecified atom stereocenters. The first-order valence-corrected chi connectivity index (χ1v) is 9.08. The van der Waals surface area contributed by atoms with Crippen LogP contribution in [0.5, 0.6) is 17.2 Å². The lowest BCUT2D eigenvalue weighted by Gasteiger charge is -2.20. The highest BCUT2D eigenvalue weighted by molar-refractivity contribution is 5.94. The van der Waals surface area contributed by atoms with Gasteiger partial charge in [0, 0.05) is 20.5 Å². The van der Waals surface area contributed by atoms with Gasteiger partial charge in [0.2, 0.25) is 11.7 Å². The van der Waals surface area contributed by atoms with E-state index in [4.69, 9.17) is 14.2 Å². The Hall–Kier alpha value is -3.10. The highest BCUT2D eigenvalue weighted by Crippen LogP contribution is 2.40. The third-order valence-electron chi connectivity index (χ3n) is 4.49. The fourth-order valence-corrected chi connectivity index (χ4v) is 3.02. The molecule has 0 spiro atoms. The standard InChI is InChI=1S/C21H25F3N2O4/c1-26(2)16-9-8-14(21(22,23)24)12-15(16)25-18(27)11-7-13-6-10-17(28-3)20(30-5)19(13)29-4/h6,8-10,12H,7,11H2,1-5H3,(H,25,27). The summed E-state index contributed by atoms with van der Waals surface area (Å²) in [5.74, 6) is 0.916. The molecule has 2 aromatic carbocycles. The van der Waals surface area contributed by atoms with Gasteiger partial charge in [-0.05, 0) is 36.2 Å². The van der Waals surface area contributed by atoms with Gasteiger partial charge in [-0.15, -0.1) is 0 Å². The van der Waals surface area contributed by atoms with Crippen LogP contribution in [0.15, 0.2) is 30.3 Å². The summed E-state index contributed by atoms with van der Waals surface area (Å²) >= 11 is 0. The summed E-state index contributed by atoms with van der Waals surface area (Å²) in [4.78, 5) is 14.1. The first-order chi connectivity index (χ1) is 14.1. The number of benzene rings is 2. The molecule has 2 rings (SSSR count). The number of hydrogen-bond acceptors (Lipinski definition) is 5. The van der Waals surface area contributed by atoms with E-state index in [-0.39, 0.29) is 12.1 Å². The minimum atomic E-state index is -4.50. The van der Waals surface area contributed by atoms with E-state index >= 15 is 0 Å². The Bertz CT molecular complexity index is 899. The van der Waals surface area contributed by atoms with Gasteiger partial charge in [-0.25, -0.2) is 0 Å². The summed E-state index contributed by atoms with van der Waals surface area (Å²) in [5.41, 5.74) is 0.450. The van der Waals surface area contributed by atoms with Gasteiger partial charge >= 0.3 is 6.18 Å². The molecule has 0 saturated heterocycles. The van der Waals surface area contributed by atoms with E-state index < -0.39 is 17.6 Å². The van der Waals surface area contributed by atoms with Crippen LogP contribution in [0.3, 0.4) is 0 Å². The van der Waals surface area contributed by atoms with Crippen molar-refractivity contribution in [1.29, 1.82) is 0 Å². The molecule has 0 heterocycles. The fourth-order valence-electron chi connectivity index (χ4n) is 3.02. The largest absolute Gasteiger partial charge is 0.493 e. The van der Waals surface area contributed by atoms with Crippen LogP contribution in [0.25, 0.3) is 0 Å². The lowest BCUT2D eigenvalue weighted by atomic mass is 10.1. The van der Waals surface area contributed by atoms with Crippen molar-refractivity contribution in [3.8, 4) is 17.2 Å². The van der Waals surface area contributed by atoms with Crippen molar-refractivity contribution in [1.82, 2.24) is 0 Å². The van der Waals surface area contributed by atoms with E-state index in [0.29, 0.717) is 34.9 Å². The second-order valence-corrected chi connectivity index (χ2v) is 6.67. The van der Waals surface area contributed by atoms with E-state index in [1.54, 1.807) is 31.1 Å². The van der Waals surface area contributed by atoms with Crippen molar-refractivity contribution in [3.05, 3.63) is 41.5 Å². The second kappa shape index (κ2) is 9.60. The van der Waals surface area contributed by atoms with E-state index in [2.05, 4.69) is 5.32 Å². The number of ether oxygens (including phenoxy) is 3. The Kier molecular flexibility index (Phi) is 7.42. The first kappa shape index (κ1) is 23.2. The summed E-state index contributed by atoms with van der Waals surface area (Å²) in [6.45, 7) is 0. The van der Waals surface area contributed by atoms with Crippen LogP contribution in [0.1, 0.15) is 17.5 Å². The molecule has 0 fully saturated rings. The average Bonchev–Trinajstić information content (AvgIpc) is 2.70. The first-order valence-electron chi connectivity index (χ1n) is 9.08. The SMILES string of the molecule is COc1ccc(CCC(=O)Nc2cc(C(F)(F)F)ccc2N(C)C)c(OC)c1OC. The topological polar surface area (TPSA) is 60.0 Å². The summed E-state index contributed by atoms with van der Waals surface area (Å²) in [6, 6.07) is 6.70. The van der Waals surface area contributed by atoms with Crippen LogP contribution >= 0.6 is 0 Å². The van der Waals surface area contributed by atoms with Crippen LogP contribution in [0.4, 0.5) is 24.5 Å². The lowest BCUT2D eigenvalue weighted by Crippen LogP contribution is -2.18. The molecule has 164 valence electrons. The van der Waals surface area contributed by atoms with Gasteiger partial charge in [0.1, 0.15) is 0 Å². The van der Waals surface area contributed by atoms with Gasteiger partial charge in [0.25, 0.3) is 0 Å². The van der Waals surface area contributed by atoms with Gasteiger partial charge in [0.05, 0.1) is 38.3 Å². The predicted molar refractivity (Wildman–Crippen MR) is 109 cm³/mol. The number of aryl methyl sites for hydroxylation is 1. The maximum absolute atomic E-state index is 13.1. The number of anilines is 2. The molecule has 0 aliphatic rings. The molecular formula is C21H25F3N2O4. The molecule has 0 aliphatic carbocycles. The van der Waals surface area contributed by atoms with Gasteiger partial charge < -0.3 is 24.4 Å². The minimum Gasteiger partial charge on any atom is -0.493 e. The smallest absolute Gasteiger partial charge is 0.416 e. The zero-order valence-electron chi connectivity index (χ0n) is 17.5. The van der Waals surface area contributed by atoms with Crippen molar-refractivity contribution >= 4 is 17.3 Å². The van der Waals surface area contributed by atoms with Crippen molar-refractivity contribution < 1.29 is 32.2 Å². The van der Waals surface area contributed by atoms with Crippen LogP contribution in [0, 0.1) is 0 Å². The molecule has 9 heteroatoms. The Labute approximate surface area is 173 Å². The molecule has 0 atom stereocenters. The number of carbonyl (C=O) groups is 1. The summed E-state index contributed by atoms with van der Waals surface area (Å²) in [6.07, 6.45) is -4.17. The number of hydrogen-bond donors (Lipinski definition) is 1. The summed E-state index contributed by atoms with van der Waals surface area (Å²) in [5, 5.41) is 2.59. The monoisotopic (exact) mass is 426 g/mol. The summed E-state index contributed by atoms with van der Waals surface area (Å²) in [7, 11) is 7.83. The normalized spacial score (nSPS) is 11.1. The van der Waals surface area contributed by atoms with E-state index in [1.165, 1.54) is 27.4 Å². The van der Waals surface area contributed by atoms with E-state index in [1.807, 2.05) is 0 Å². The molecule has 2 aromatic rings. The highest BCUT2D eigenvalue weighted by Gasteiger charge is 2.31. The average molecular weight is 426 g/mol. The number of carbonyl (C=O) groups excluding carboxylic acids is 1. The molecule has 0 saturated carbocycles. The quantitative estimate of drug-likeness (QED) is 0.679. The zero-order valence-corrected chi connectivity index (χ0v) is 17.5. The Balaban J connectivity index is 2.21. The number of alkyl halides is 3. The maximum Gasteiger partial charge on any atom is 0.416 e. The third kappa shape index (κ3) is 5.28. The number of methoxy groups -OCH3 is 3. The van der Waals surface area contributed by atoms with E-state index in [0.717, 1.165) is 12.1 Å². The highest BCUT2D eigenvalue weighted by atomic mass is 19.4. The number of nitrogens with one attached hydrogen (secondary N) is 1. The molecule has 6 nitrogen and oxygen atoms in total. The fraction of sp³-hybridized carbons (Fsp3) is 0.381. The van der Waals surface area contributed by atoms with Crippen LogP contribution < -0.4 is 24.4 Å². The molecule has 1 amide bonds. The molecule has 0 bridgehead atoms. The van der Waals surface area contributed by atoms with Crippen molar-refractivity contribution in [3.63, 3.8) is 0 Å². The van der Waals surface area contributed by atoms with Gasteiger partial charge in [-0.2, -0.15) is 13.2 Å². The van der Waals surface area contributed by atoms with Crippen molar-refractivity contribution in [2.24, 2.45) is 0 Å². The predicted octanol–water partition coefficient (Wildman–Crippen LogP) is 4.37. The van der Waals surface area contributed by atoms with Crippen LogP contribution in [-0.4, -0.2) is 41.3 Å². The van der Waals surface area contributed by atoms with Gasteiger partial charge in [-0.1, -0.05) is 6.07 Å². The Morgan fingerprint density at radius 3 is 2.20 bits per heavy atom. The number of amides is 1. The number of halogens is 3. The third-order valence-corrected chi connectivity index (χ3v) is 4.49. The van der Waals surface area contributed by atoms with Crippen molar-refractivity contribution in [2.45, 2.75) is 19.0 Å². The molecule has 0 radical (unpaired) electrons. The second-order valence-electron chi connectivity index (χ2n) is 6.67. The Morgan fingerprint density at radius 2 is 1.67 bits per heavy atom. The van der Waals surface area contributed by atoms with Crippen LogP contribution in [-0.2, 0) is 17.4 Å². The number of rotatable bonds is 8. The summed E-state index contributed by atoms with van der Waals surface area (Å²) < 4.78 is 55.1. The zero-order chi connectivity index (χ0) is 22.5. The molecule has 30 heavy (non-hydrogen) atoms. The lowest BCUT2D eigenvalue weighted by molar-refractivity contribution is -0.137. The molecule has 1 N–H and O–H groups in total. The van der Waals surface area contributed by atoms with Gasteiger partial charge in [-0.3, -0.25) is 4.79 Å². The Morgan fingerprint density at radius 1 is 1.00 bits per heavy atom. The molecule has 0 aromatic heterocycles. The maximum atomic E-state index is 13.1.